The van der Waals surface area contributed by atoms with Gasteiger partial charge in [0.2, 0.25) is 0 Å². The van der Waals surface area contributed by atoms with Gasteiger partial charge >= 0.3 is 0 Å². The van der Waals surface area contributed by atoms with Crippen LogP contribution in [0.3, 0.4) is 0 Å². The first-order chi connectivity index (χ1) is 18.4. The van der Waals surface area contributed by atoms with Crippen LogP contribution in [-0.4, -0.2) is 26.4 Å². The second-order valence-electron chi connectivity index (χ2n) is 11.2. The first-order valence-corrected chi connectivity index (χ1v) is 17.5. The fourth-order valence-electron chi connectivity index (χ4n) is 5.09. The molecule has 0 saturated heterocycles. The number of hydrogen-bond acceptors (Lipinski definition) is 3. The minimum absolute atomic E-state index is 0.862. The van der Waals surface area contributed by atoms with Crippen molar-refractivity contribution in [2.75, 3.05) is 26.4 Å². The van der Waals surface area contributed by atoms with Gasteiger partial charge in [-0.25, -0.2) is 0 Å². The second kappa shape index (κ2) is 28.6. The van der Waals surface area contributed by atoms with Crippen molar-refractivity contribution >= 4 is 11.3 Å². The van der Waals surface area contributed by atoms with Gasteiger partial charge in [-0.1, -0.05) is 142 Å². The molecule has 0 amide bonds. The van der Waals surface area contributed by atoms with Gasteiger partial charge in [-0.3, -0.25) is 0 Å². The summed E-state index contributed by atoms with van der Waals surface area (Å²) < 4.78 is 11.9. The van der Waals surface area contributed by atoms with Gasteiger partial charge in [0, 0.05) is 13.2 Å². The minimum Gasteiger partial charge on any atom is -0.381 e. The Morgan fingerprint density at radius 2 is 0.703 bits per heavy atom. The molecule has 0 fully saturated rings. The number of rotatable bonds is 30. The average molecular weight is 537 g/mol. The standard InChI is InChI=1S/C34H64O2S/c1-3-5-7-9-11-13-15-17-19-21-23-27-35-29-25-33-31-37-32-34(33)26-30-36-28-24-22-20-18-16-14-12-10-8-6-4-2/h31-32H,3-30H2,1-2H3. The van der Waals surface area contributed by atoms with Gasteiger partial charge in [0.05, 0.1) is 13.2 Å². The topological polar surface area (TPSA) is 18.5 Å². The molecule has 37 heavy (non-hydrogen) atoms. The fraction of sp³-hybridized carbons (Fsp3) is 0.882. The predicted octanol–water partition coefficient (Wildman–Crippen LogP) is 11.5. The first-order valence-electron chi connectivity index (χ1n) is 16.6. The third-order valence-corrected chi connectivity index (χ3v) is 8.49. The van der Waals surface area contributed by atoms with Crippen molar-refractivity contribution in [3.8, 4) is 0 Å². The number of unbranched alkanes of at least 4 members (excludes halogenated alkanes) is 20. The van der Waals surface area contributed by atoms with Gasteiger partial charge in [0.1, 0.15) is 0 Å². The van der Waals surface area contributed by atoms with Crippen LogP contribution < -0.4 is 0 Å². The molecular formula is C34H64O2S. The van der Waals surface area contributed by atoms with E-state index in [4.69, 9.17) is 9.47 Å². The summed E-state index contributed by atoms with van der Waals surface area (Å²) in [5.41, 5.74) is 2.95. The van der Waals surface area contributed by atoms with Crippen LogP contribution in [0.1, 0.15) is 166 Å². The molecule has 0 bridgehead atoms. The highest BCUT2D eigenvalue weighted by atomic mass is 32.1. The zero-order valence-electron chi connectivity index (χ0n) is 25.2. The Bertz CT molecular complexity index is 509. The SMILES string of the molecule is CCCCCCCCCCCCCOCCc1cscc1CCOCCCCCCCCCCCCC. The summed E-state index contributed by atoms with van der Waals surface area (Å²) in [6.45, 7) is 8.17. The molecule has 0 spiro atoms. The summed E-state index contributed by atoms with van der Waals surface area (Å²) in [6.07, 6.45) is 32.7. The molecule has 2 nitrogen and oxygen atoms in total. The summed E-state index contributed by atoms with van der Waals surface area (Å²) in [5.74, 6) is 0. The molecule has 0 radical (unpaired) electrons. The molecule has 1 heterocycles. The van der Waals surface area contributed by atoms with E-state index in [0.717, 1.165) is 39.3 Å². The molecule has 0 aliphatic heterocycles. The zero-order chi connectivity index (χ0) is 26.5. The van der Waals surface area contributed by atoms with Crippen molar-refractivity contribution in [3.05, 3.63) is 21.9 Å². The Morgan fingerprint density at radius 3 is 1.03 bits per heavy atom. The van der Waals surface area contributed by atoms with Crippen LogP contribution in [0.25, 0.3) is 0 Å². The molecule has 0 aliphatic carbocycles. The number of thiophene rings is 1. The molecule has 0 N–H and O–H groups in total. The highest BCUT2D eigenvalue weighted by molar-refractivity contribution is 7.08. The highest BCUT2D eigenvalue weighted by Crippen LogP contribution is 2.17. The molecular weight excluding hydrogens is 472 g/mol. The largest absolute Gasteiger partial charge is 0.381 e. The van der Waals surface area contributed by atoms with E-state index in [1.165, 1.54) is 152 Å². The molecule has 0 unspecified atom stereocenters. The highest BCUT2D eigenvalue weighted by Gasteiger charge is 2.04. The van der Waals surface area contributed by atoms with Gasteiger partial charge < -0.3 is 9.47 Å². The van der Waals surface area contributed by atoms with E-state index in [9.17, 15) is 0 Å². The summed E-state index contributed by atoms with van der Waals surface area (Å²) in [4.78, 5) is 0. The van der Waals surface area contributed by atoms with Crippen molar-refractivity contribution < 1.29 is 9.47 Å². The lowest BCUT2D eigenvalue weighted by Crippen LogP contribution is -2.04. The van der Waals surface area contributed by atoms with Gasteiger partial charge in [0.15, 0.2) is 0 Å². The van der Waals surface area contributed by atoms with Crippen molar-refractivity contribution in [1.82, 2.24) is 0 Å². The lowest BCUT2D eigenvalue weighted by molar-refractivity contribution is 0.129. The Labute approximate surface area is 236 Å². The van der Waals surface area contributed by atoms with Crippen molar-refractivity contribution in [1.29, 1.82) is 0 Å². The van der Waals surface area contributed by atoms with Crippen LogP contribution in [0.2, 0.25) is 0 Å². The van der Waals surface area contributed by atoms with Crippen molar-refractivity contribution in [2.24, 2.45) is 0 Å². The first kappa shape index (κ1) is 34.6. The Morgan fingerprint density at radius 1 is 0.405 bits per heavy atom. The maximum atomic E-state index is 5.94. The smallest absolute Gasteiger partial charge is 0.0506 e. The molecule has 0 atom stereocenters. The third kappa shape index (κ3) is 23.2. The Kier molecular flexibility index (Phi) is 26.8. The number of hydrogen-bond donors (Lipinski definition) is 0. The Hall–Kier alpha value is -0.380. The van der Waals surface area contributed by atoms with Crippen LogP contribution >= 0.6 is 11.3 Å². The zero-order valence-corrected chi connectivity index (χ0v) is 26.0. The Balaban J connectivity index is 1.85. The molecule has 1 rings (SSSR count). The van der Waals surface area contributed by atoms with Crippen molar-refractivity contribution in [3.63, 3.8) is 0 Å². The van der Waals surface area contributed by atoms with E-state index in [0.29, 0.717) is 0 Å². The van der Waals surface area contributed by atoms with Crippen molar-refractivity contribution in [2.45, 2.75) is 168 Å². The lowest BCUT2D eigenvalue weighted by atomic mass is 10.1. The maximum Gasteiger partial charge on any atom is 0.0506 e. The summed E-state index contributed by atoms with van der Waals surface area (Å²) in [5, 5.41) is 4.62. The van der Waals surface area contributed by atoms with Crippen LogP contribution in [0.4, 0.5) is 0 Å². The maximum absolute atomic E-state index is 5.94. The average Bonchev–Trinajstić information content (AvgIpc) is 3.36. The monoisotopic (exact) mass is 536 g/mol. The molecule has 3 heteroatoms. The van der Waals surface area contributed by atoms with E-state index in [2.05, 4.69) is 24.6 Å². The molecule has 0 aromatic carbocycles. The van der Waals surface area contributed by atoms with E-state index in [1.807, 2.05) is 11.3 Å². The van der Waals surface area contributed by atoms with E-state index in [-0.39, 0.29) is 0 Å². The van der Waals surface area contributed by atoms with Gasteiger partial charge in [0.25, 0.3) is 0 Å². The lowest BCUT2D eigenvalue weighted by Gasteiger charge is -2.07. The third-order valence-electron chi connectivity index (χ3n) is 7.65. The summed E-state index contributed by atoms with van der Waals surface area (Å²) in [7, 11) is 0. The van der Waals surface area contributed by atoms with Gasteiger partial charge in [-0.2, -0.15) is 11.3 Å². The van der Waals surface area contributed by atoms with E-state index < -0.39 is 0 Å². The molecule has 1 aromatic rings. The summed E-state index contributed by atoms with van der Waals surface area (Å²) >= 11 is 1.83. The quantitative estimate of drug-likeness (QED) is 0.0910. The molecule has 0 aliphatic rings. The van der Waals surface area contributed by atoms with Crippen LogP contribution in [0.5, 0.6) is 0 Å². The van der Waals surface area contributed by atoms with Crippen LogP contribution in [0, 0.1) is 0 Å². The summed E-state index contributed by atoms with van der Waals surface area (Å²) in [6, 6.07) is 0. The molecule has 1 aromatic heterocycles. The molecule has 218 valence electrons. The normalized spacial score (nSPS) is 11.5. The van der Waals surface area contributed by atoms with Gasteiger partial charge in [-0.15, -0.1) is 0 Å². The van der Waals surface area contributed by atoms with E-state index >= 15 is 0 Å². The molecule has 0 saturated carbocycles. The fourth-order valence-corrected chi connectivity index (χ4v) is 6.03. The predicted molar refractivity (Wildman–Crippen MR) is 166 cm³/mol. The van der Waals surface area contributed by atoms with E-state index in [1.54, 1.807) is 0 Å². The van der Waals surface area contributed by atoms with Gasteiger partial charge in [-0.05, 0) is 47.6 Å². The minimum atomic E-state index is 0.862. The van der Waals surface area contributed by atoms with Crippen LogP contribution in [0.15, 0.2) is 10.8 Å². The second-order valence-corrected chi connectivity index (χ2v) is 12.0. The number of ether oxygens (including phenoxy) is 2. The van der Waals surface area contributed by atoms with Crippen LogP contribution in [-0.2, 0) is 22.3 Å².